The molecule has 0 amide bonds. The predicted molar refractivity (Wildman–Crippen MR) is 138 cm³/mol. The Balaban J connectivity index is 1.80. The maximum Gasteiger partial charge on any atom is 0.142 e. The number of nitrogen functional groups attached to an aromatic ring is 1. The Labute approximate surface area is 201 Å². The van der Waals surface area contributed by atoms with Crippen molar-refractivity contribution >= 4 is 23.1 Å². The summed E-state index contributed by atoms with van der Waals surface area (Å²) >= 11 is 6.28. The second-order valence-corrected chi connectivity index (χ2v) is 8.67. The molecule has 1 heterocycles. The van der Waals surface area contributed by atoms with Gasteiger partial charge in [-0.1, -0.05) is 43.6 Å². The van der Waals surface area contributed by atoms with Crippen LogP contribution >= 0.6 is 11.6 Å². The van der Waals surface area contributed by atoms with Crippen molar-refractivity contribution in [1.29, 1.82) is 0 Å². The van der Waals surface area contributed by atoms with Crippen molar-refractivity contribution in [1.82, 2.24) is 10.3 Å². The molecular weight excluding hydrogens is 435 g/mol. The van der Waals surface area contributed by atoms with Crippen LogP contribution < -0.4 is 16.4 Å². The Bertz CT molecular complexity index is 1130. The first-order valence-corrected chi connectivity index (χ1v) is 11.7. The van der Waals surface area contributed by atoms with Gasteiger partial charge in [0.1, 0.15) is 11.6 Å². The standard InChI is InChI=1S/C27H32ClFN4/c1-5-13-31-24(6-2)33-22-10-8-19(9-11-22)21-15-20(27(30)32-16-21)14-18(4)25-17(3)7-12-23(29)26(25)28/h6-12,15-16,18,31,33H,5,13-14H2,1-4H3,(H2,30,32)/b24-6-. The van der Waals surface area contributed by atoms with Crippen LogP contribution in [0.2, 0.25) is 5.02 Å². The van der Waals surface area contributed by atoms with E-state index < -0.39 is 5.82 Å². The molecule has 6 heteroatoms. The Morgan fingerprint density at radius 1 is 1.18 bits per heavy atom. The Hall–Kier alpha value is -3.05. The molecule has 0 spiro atoms. The van der Waals surface area contributed by atoms with Crippen molar-refractivity contribution < 1.29 is 4.39 Å². The lowest BCUT2D eigenvalue weighted by molar-refractivity contribution is 0.620. The van der Waals surface area contributed by atoms with Crippen molar-refractivity contribution in [2.45, 2.75) is 46.5 Å². The summed E-state index contributed by atoms with van der Waals surface area (Å²) in [6.45, 7) is 9.04. The van der Waals surface area contributed by atoms with Gasteiger partial charge in [0.15, 0.2) is 0 Å². The van der Waals surface area contributed by atoms with Gasteiger partial charge in [-0.05, 0) is 85.2 Å². The molecule has 0 radical (unpaired) electrons. The first-order chi connectivity index (χ1) is 15.8. The van der Waals surface area contributed by atoms with Gasteiger partial charge < -0.3 is 16.4 Å². The van der Waals surface area contributed by atoms with Gasteiger partial charge in [-0.3, -0.25) is 0 Å². The maximum atomic E-state index is 14.0. The molecule has 0 saturated carbocycles. The number of halogens is 2. The van der Waals surface area contributed by atoms with E-state index in [9.17, 15) is 4.39 Å². The molecule has 0 saturated heterocycles. The van der Waals surface area contributed by atoms with E-state index in [1.54, 1.807) is 12.3 Å². The molecule has 174 valence electrons. The number of aromatic nitrogens is 1. The number of hydrogen-bond donors (Lipinski definition) is 3. The molecule has 0 bridgehead atoms. The fourth-order valence-electron chi connectivity index (χ4n) is 3.92. The fraction of sp³-hybridized carbons (Fsp3) is 0.296. The number of benzene rings is 2. The zero-order valence-electron chi connectivity index (χ0n) is 19.7. The number of hydrogen-bond acceptors (Lipinski definition) is 4. The highest BCUT2D eigenvalue weighted by atomic mass is 35.5. The highest BCUT2D eigenvalue weighted by Gasteiger charge is 2.18. The third kappa shape index (κ3) is 6.05. The average molecular weight is 467 g/mol. The van der Waals surface area contributed by atoms with Crippen molar-refractivity contribution in [2.24, 2.45) is 0 Å². The zero-order chi connectivity index (χ0) is 24.0. The minimum atomic E-state index is -0.399. The van der Waals surface area contributed by atoms with Crippen LogP contribution in [0.25, 0.3) is 11.1 Å². The van der Waals surface area contributed by atoms with Crippen LogP contribution in [0.4, 0.5) is 15.9 Å². The highest BCUT2D eigenvalue weighted by Crippen LogP contribution is 2.34. The van der Waals surface area contributed by atoms with Gasteiger partial charge in [-0.25, -0.2) is 9.37 Å². The van der Waals surface area contributed by atoms with Gasteiger partial charge in [0, 0.05) is 24.0 Å². The number of pyridine rings is 1. The maximum absolute atomic E-state index is 14.0. The van der Waals surface area contributed by atoms with Crippen molar-refractivity contribution in [3.8, 4) is 11.1 Å². The third-order valence-electron chi connectivity index (χ3n) is 5.72. The van der Waals surface area contributed by atoms with Gasteiger partial charge in [-0.15, -0.1) is 0 Å². The van der Waals surface area contributed by atoms with E-state index in [0.29, 0.717) is 12.2 Å². The number of nitrogens with two attached hydrogens (primary N) is 1. The second-order valence-electron chi connectivity index (χ2n) is 8.30. The van der Waals surface area contributed by atoms with Crippen LogP contribution in [-0.2, 0) is 6.42 Å². The van der Waals surface area contributed by atoms with Gasteiger partial charge in [0.05, 0.1) is 10.8 Å². The largest absolute Gasteiger partial charge is 0.383 e. The third-order valence-corrected chi connectivity index (χ3v) is 6.11. The average Bonchev–Trinajstić information content (AvgIpc) is 2.81. The normalized spacial score (nSPS) is 12.5. The highest BCUT2D eigenvalue weighted by molar-refractivity contribution is 6.31. The van der Waals surface area contributed by atoms with Crippen LogP contribution in [0.1, 0.15) is 49.8 Å². The molecule has 2 aromatic carbocycles. The molecule has 4 nitrogen and oxygen atoms in total. The molecule has 1 unspecified atom stereocenters. The van der Waals surface area contributed by atoms with Gasteiger partial charge in [-0.2, -0.15) is 0 Å². The fourth-order valence-corrected chi connectivity index (χ4v) is 4.32. The lowest BCUT2D eigenvalue weighted by Crippen LogP contribution is -2.20. The van der Waals surface area contributed by atoms with E-state index in [-0.39, 0.29) is 10.9 Å². The lowest BCUT2D eigenvalue weighted by atomic mass is 9.90. The van der Waals surface area contributed by atoms with E-state index in [1.807, 2.05) is 39.0 Å². The summed E-state index contributed by atoms with van der Waals surface area (Å²) in [5.74, 6) is 1.06. The molecule has 3 rings (SSSR count). The first-order valence-electron chi connectivity index (χ1n) is 11.3. The van der Waals surface area contributed by atoms with Crippen LogP contribution in [0, 0.1) is 12.7 Å². The molecule has 0 aliphatic heterocycles. The molecule has 4 N–H and O–H groups in total. The number of anilines is 2. The van der Waals surface area contributed by atoms with E-state index >= 15 is 0 Å². The molecule has 3 aromatic rings. The smallest absolute Gasteiger partial charge is 0.142 e. The second kappa shape index (κ2) is 11.2. The molecule has 0 fully saturated rings. The number of nitrogens with zero attached hydrogens (tertiary/aromatic N) is 1. The zero-order valence-corrected chi connectivity index (χ0v) is 20.4. The SMILES string of the molecule is C/C=C(/NCCC)Nc1ccc(-c2cnc(N)c(CC(C)c3c(C)ccc(F)c3Cl)c2)cc1. The number of allylic oxidation sites excluding steroid dienone is 1. The number of rotatable bonds is 9. The molecule has 1 atom stereocenters. The topological polar surface area (TPSA) is 63.0 Å². The van der Waals surface area contributed by atoms with Crippen LogP contribution in [0.15, 0.2) is 60.6 Å². The Kier molecular flexibility index (Phi) is 8.34. The van der Waals surface area contributed by atoms with Crippen LogP contribution in [0.5, 0.6) is 0 Å². The van der Waals surface area contributed by atoms with E-state index in [0.717, 1.165) is 52.3 Å². The predicted octanol–water partition coefficient (Wildman–Crippen LogP) is 7.05. The molecule has 33 heavy (non-hydrogen) atoms. The summed E-state index contributed by atoms with van der Waals surface area (Å²) in [6, 6.07) is 13.4. The van der Waals surface area contributed by atoms with E-state index in [1.165, 1.54) is 6.07 Å². The minimum Gasteiger partial charge on any atom is -0.383 e. The monoisotopic (exact) mass is 466 g/mol. The molecule has 0 aliphatic carbocycles. The molecular formula is C27H32ClFN4. The van der Waals surface area contributed by atoms with Crippen molar-refractivity contribution in [3.05, 3.63) is 88.1 Å². The van der Waals surface area contributed by atoms with Crippen LogP contribution in [-0.4, -0.2) is 11.5 Å². The molecule has 1 aromatic heterocycles. The first kappa shape index (κ1) is 24.6. The van der Waals surface area contributed by atoms with E-state index in [2.05, 4.69) is 40.7 Å². The van der Waals surface area contributed by atoms with Crippen LogP contribution in [0.3, 0.4) is 0 Å². The van der Waals surface area contributed by atoms with Gasteiger partial charge in [0.25, 0.3) is 0 Å². The summed E-state index contributed by atoms with van der Waals surface area (Å²) in [4.78, 5) is 4.42. The number of aryl methyl sites for hydroxylation is 1. The Morgan fingerprint density at radius 2 is 1.91 bits per heavy atom. The quantitative estimate of drug-likeness (QED) is 0.316. The van der Waals surface area contributed by atoms with Gasteiger partial charge >= 0.3 is 0 Å². The summed E-state index contributed by atoms with van der Waals surface area (Å²) in [7, 11) is 0. The lowest BCUT2D eigenvalue weighted by Gasteiger charge is -2.18. The summed E-state index contributed by atoms with van der Waals surface area (Å²) in [5.41, 5.74) is 11.9. The summed E-state index contributed by atoms with van der Waals surface area (Å²) < 4.78 is 14.0. The minimum absolute atomic E-state index is 0.00556. The van der Waals surface area contributed by atoms with Gasteiger partial charge in [0.2, 0.25) is 0 Å². The van der Waals surface area contributed by atoms with Crippen molar-refractivity contribution in [2.75, 3.05) is 17.6 Å². The molecule has 0 aliphatic rings. The summed E-state index contributed by atoms with van der Waals surface area (Å²) in [6.07, 6.45) is 5.48. The van der Waals surface area contributed by atoms with E-state index in [4.69, 9.17) is 17.3 Å². The Morgan fingerprint density at radius 3 is 2.58 bits per heavy atom. The summed E-state index contributed by atoms with van der Waals surface area (Å²) in [5, 5.41) is 6.94. The number of nitrogens with one attached hydrogen (secondary N) is 2. The van der Waals surface area contributed by atoms with Crippen molar-refractivity contribution in [3.63, 3.8) is 0 Å².